The number of anilines is 1. The summed E-state index contributed by atoms with van der Waals surface area (Å²) in [5.74, 6) is -2.64. The molecule has 0 bridgehead atoms. The molecule has 1 aliphatic carbocycles. The third-order valence-corrected chi connectivity index (χ3v) is 4.31. The molecule has 1 saturated heterocycles. The first-order valence-electron chi connectivity index (χ1n) is 6.53. The third kappa shape index (κ3) is 1.55. The van der Waals surface area contributed by atoms with Gasteiger partial charge in [0.15, 0.2) is 0 Å². The maximum absolute atomic E-state index is 13.7. The Morgan fingerprint density at radius 3 is 2.33 bits per heavy atom. The predicted molar refractivity (Wildman–Crippen MR) is 68.2 cm³/mol. The fraction of sp³-hybridized carbons (Fsp3) is 0.571. The Balaban J connectivity index is 2.02. The van der Waals surface area contributed by atoms with Gasteiger partial charge in [0, 0.05) is 31.7 Å². The van der Waals surface area contributed by atoms with Crippen LogP contribution in [0.2, 0.25) is 0 Å². The smallest absolute Gasteiger partial charge is 0.260 e. The molecule has 3 rings (SSSR count). The average Bonchev–Trinajstić information content (AvgIpc) is 2.78. The molecular formula is C14H18F2N2. The highest BCUT2D eigenvalue weighted by Gasteiger charge is 2.71. The first-order chi connectivity index (χ1) is 8.61. The van der Waals surface area contributed by atoms with Crippen LogP contribution in [0, 0.1) is 0 Å². The van der Waals surface area contributed by atoms with Crippen LogP contribution < -0.4 is 10.6 Å². The van der Waals surface area contributed by atoms with E-state index < -0.39 is 11.3 Å². The number of alkyl halides is 2. The Kier molecular flexibility index (Phi) is 2.59. The van der Waals surface area contributed by atoms with E-state index in [1.807, 2.05) is 24.3 Å². The number of rotatable bonds is 3. The lowest BCUT2D eigenvalue weighted by molar-refractivity contribution is 0.0897. The second-order valence-corrected chi connectivity index (χ2v) is 5.38. The van der Waals surface area contributed by atoms with E-state index in [0.717, 1.165) is 37.2 Å². The fourth-order valence-electron chi connectivity index (χ4n) is 3.07. The normalized spacial score (nSPS) is 29.6. The predicted octanol–water partition coefficient (Wildman–Crippen LogP) is 2.52. The SMILES string of the molecule is NCC1(c2ccccc2N2CCCC2)CC1(F)F. The van der Waals surface area contributed by atoms with Crippen molar-refractivity contribution in [2.75, 3.05) is 24.5 Å². The first-order valence-corrected chi connectivity index (χ1v) is 6.53. The Labute approximate surface area is 106 Å². The Bertz CT molecular complexity index is 455. The number of para-hydroxylation sites is 1. The molecule has 18 heavy (non-hydrogen) atoms. The van der Waals surface area contributed by atoms with E-state index in [0.29, 0.717) is 0 Å². The van der Waals surface area contributed by atoms with Gasteiger partial charge in [0.1, 0.15) is 0 Å². The Morgan fingerprint density at radius 1 is 1.17 bits per heavy atom. The Hall–Kier alpha value is -1.16. The van der Waals surface area contributed by atoms with E-state index in [2.05, 4.69) is 4.90 Å². The molecular weight excluding hydrogens is 234 g/mol. The number of halogens is 2. The molecule has 2 aliphatic rings. The van der Waals surface area contributed by atoms with E-state index in [1.165, 1.54) is 0 Å². The van der Waals surface area contributed by atoms with E-state index in [-0.39, 0.29) is 13.0 Å². The van der Waals surface area contributed by atoms with Crippen LogP contribution in [0.1, 0.15) is 24.8 Å². The largest absolute Gasteiger partial charge is 0.371 e. The highest BCUT2D eigenvalue weighted by molar-refractivity contribution is 5.61. The minimum absolute atomic E-state index is 0.0187. The zero-order valence-corrected chi connectivity index (χ0v) is 10.3. The molecule has 2 nitrogen and oxygen atoms in total. The molecule has 0 spiro atoms. The van der Waals surface area contributed by atoms with Gasteiger partial charge in [-0.1, -0.05) is 18.2 Å². The van der Waals surface area contributed by atoms with Gasteiger partial charge >= 0.3 is 0 Å². The topological polar surface area (TPSA) is 29.3 Å². The highest BCUT2D eigenvalue weighted by Crippen LogP contribution is 2.62. The number of hydrogen-bond acceptors (Lipinski definition) is 2. The van der Waals surface area contributed by atoms with Gasteiger partial charge in [-0.2, -0.15) is 0 Å². The number of nitrogens with two attached hydrogens (primary N) is 1. The zero-order valence-electron chi connectivity index (χ0n) is 10.3. The summed E-state index contributed by atoms with van der Waals surface area (Å²) in [5.41, 5.74) is 6.22. The molecule has 1 aromatic carbocycles. The maximum atomic E-state index is 13.7. The van der Waals surface area contributed by atoms with Crippen molar-refractivity contribution >= 4 is 5.69 Å². The van der Waals surface area contributed by atoms with Crippen LogP contribution in [0.25, 0.3) is 0 Å². The molecule has 98 valence electrons. The number of nitrogens with zero attached hydrogens (tertiary/aromatic N) is 1. The third-order valence-electron chi connectivity index (χ3n) is 4.31. The summed E-state index contributed by atoms with van der Waals surface area (Å²) < 4.78 is 27.4. The summed E-state index contributed by atoms with van der Waals surface area (Å²) in [6.45, 7) is 1.94. The van der Waals surface area contributed by atoms with Crippen molar-refractivity contribution in [1.29, 1.82) is 0 Å². The molecule has 2 N–H and O–H groups in total. The van der Waals surface area contributed by atoms with E-state index in [4.69, 9.17) is 5.73 Å². The molecule has 1 unspecified atom stereocenters. The highest BCUT2D eigenvalue weighted by atomic mass is 19.3. The summed E-state index contributed by atoms with van der Waals surface area (Å²) in [5, 5.41) is 0. The van der Waals surface area contributed by atoms with Crippen LogP contribution in [-0.4, -0.2) is 25.6 Å². The van der Waals surface area contributed by atoms with E-state index in [9.17, 15) is 8.78 Å². The van der Waals surface area contributed by atoms with Crippen LogP contribution in [-0.2, 0) is 5.41 Å². The minimum atomic E-state index is -2.64. The van der Waals surface area contributed by atoms with Gasteiger partial charge < -0.3 is 10.6 Å². The summed E-state index contributed by atoms with van der Waals surface area (Å²) in [6.07, 6.45) is 2.17. The van der Waals surface area contributed by atoms with Crippen LogP contribution in [0.5, 0.6) is 0 Å². The fourth-order valence-corrected chi connectivity index (χ4v) is 3.07. The zero-order chi connectivity index (χ0) is 12.8. The second kappa shape index (κ2) is 3.92. The molecule has 1 heterocycles. The number of hydrogen-bond donors (Lipinski definition) is 1. The quantitative estimate of drug-likeness (QED) is 0.895. The van der Waals surface area contributed by atoms with Crippen LogP contribution in [0.4, 0.5) is 14.5 Å². The van der Waals surface area contributed by atoms with Gasteiger partial charge in [-0.05, 0) is 24.5 Å². The molecule has 1 aromatic rings. The standard InChI is InChI=1S/C14H18F2N2/c15-14(16)9-13(14,10-17)11-5-1-2-6-12(11)18-7-3-4-8-18/h1-2,5-6H,3-4,7-10,17H2. The lowest BCUT2D eigenvalue weighted by Crippen LogP contribution is -2.30. The Morgan fingerprint density at radius 2 is 1.78 bits per heavy atom. The first kappa shape index (κ1) is 11.9. The van der Waals surface area contributed by atoms with Crippen molar-refractivity contribution in [2.24, 2.45) is 5.73 Å². The molecule has 0 radical (unpaired) electrons. The van der Waals surface area contributed by atoms with Gasteiger partial charge in [0.2, 0.25) is 0 Å². The second-order valence-electron chi connectivity index (χ2n) is 5.38. The molecule has 2 fully saturated rings. The minimum Gasteiger partial charge on any atom is -0.371 e. The molecule has 0 amide bonds. The van der Waals surface area contributed by atoms with E-state index in [1.54, 1.807) is 0 Å². The van der Waals surface area contributed by atoms with Gasteiger partial charge in [-0.25, -0.2) is 8.78 Å². The summed E-state index contributed by atoms with van der Waals surface area (Å²) in [4.78, 5) is 2.21. The average molecular weight is 252 g/mol. The molecule has 1 atom stereocenters. The number of benzene rings is 1. The van der Waals surface area contributed by atoms with Crippen molar-refractivity contribution < 1.29 is 8.78 Å². The van der Waals surface area contributed by atoms with E-state index >= 15 is 0 Å². The van der Waals surface area contributed by atoms with Crippen LogP contribution >= 0.6 is 0 Å². The van der Waals surface area contributed by atoms with Gasteiger partial charge in [0.25, 0.3) is 5.92 Å². The van der Waals surface area contributed by atoms with Crippen LogP contribution in [0.15, 0.2) is 24.3 Å². The monoisotopic (exact) mass is 252 g/mol. The lowest BCUT2D eigenvalue weighted by Gasteiger charge is -2.25. The molecule has 4 heteroatoms. The van der Waals surface area contributed by atoms with Gasteiger partial charge in [-0.3, -0.25) is 0 Å². The maximum Gasteiger partial charge on any atom is 0.260 e. The van der Waals surface area contributed by atoms with Crippen molar-refractivity contribution in [3.05, 3.63) is 29.8 Å². The summed E-state index contributed by atoms with van der Waals surface area (Å²) in [6, 6.07) is 7.52. The summed E-state index contributed by atoms with van der Waals surface area (Å²) >= 11 is 0. The van der Waals surface area contributed by atoms with Gasteiger partial charge in [0.05, 0.1) is 5.41 Å². The van der Waals surface area contributed by atoms with Gasteiger partial charge in [-0.15, -0.1) is 0 Å². The van der Waals surface area contributed by atoms with Crippen molar-refractivity contribution in [2.45, 2.75) is 30.6 Å². The van der Waals surface area contributed by atoms with Crippen molar-refractivity contribution in [3.8, 4) is 0 Å². The lowest BCUT2D eigenvalue weighted by atomic mass is 9.93. The molecule has 0 aromatic heterocycles. The molecule has 1 saturated carbocycles. The molecule has 1 aliphatic heterocycles. The van der Waals surface area contributed by atoms with Crippen molar-refractivity contribution in [3.63, 3.8) is 0 Å². The van der Waals surface area contributed by atoms with Crippen LogP contribution in [0.3, 0.4) is 0 Å². The van der Waals surface area contributed by atoms with Crippen molar-refractivity contribution in [1.82, 2.24) is 0 Å². The summed E-state index contributed by atoms with van der Waals surface area (Å²) in [7, 11) is 0.